The van der Waals surface area contributed by atoms with Crippen LogP contribution in [-0.2, 0) is 4.79 Å². The van der Waals surface area contributed by atoms with E-state index in [1.165, 1.54) is 11.3 Å². The number of piperazine rings is 1. The van der Waals surface area contributed by atoms with Crippen molar-refractivity contribution in [2.75, 3.05) is 32.7 Å². The predicted molar refractivity (Wildman–Crippen MR) is 82.1 cm³/mol. The highest BCUT2D eigenvalue weighted by atomic mass is 32.1. The van der Waals surface area contributed by atoms with E-state index < -0.39 is 0 Å². The van der Waals surface area contributed by atoms with Crippen molar-refractivity contribution in [3.63, 3.8) is 0 Å². The van der Waals surface area contributed by atoms with Crippen LogP contribution in [-0.4, -0.2) is 54.3 Å². The summed E-state index contributed by atoms with van der Waals surface area (Å²) in [5.41, 5.74) is 6.25. The van der Waals surface area contributed by atoms with Gasteiger partial charge in [0.2, 0.25) is 5.91 Å². The van der Waals surface area contributed by atoms with Crippen LogP contribution >= 0.6 is 11.3 Å². The predicted octanol–water partition coefficient (Wildman–Crippen LogP) is 1.16. The van der Waals surface area contributed by atoms with E-state index in [0.29, 0.717) is 32.7 Å². The number of rotatable bonds is 3. The average Bonchev–Trinajstić information content (AvgIpc) is 3.00. The van der Waals surface area contributed by atoms with Gasteiger partial charge in [-0.05, 0) is 24.3 Å². The summed E-state index contributed by atoms with van der Waals surface area (Å²) in [5, 5.41) is 3.78. The van der Waals surface area contributed by atoms with E-state index in [-0.39, 0.29) is 17.2 Å². The normalized spacial score (nSPS) is 21.0. The van der Waals surface area contributed by atoms with E-state index >= 15 is 0 Å². The van der Waals surface area contributed by atoms with Gasteiger partial charge in [-0.25, -0.2) is 0 Å². The summed E-state index contributed by atoms with van der Waals surface area (Å²) < 4.78 is 0. The smallest absolute Gasteiger partial charge is 0.254 e. The van der Waals surface area contributed by atoms with Crippen molar-refractivity contribution in [2.24, 2.45) is 11.1 Å². The zero-order valence-corrected chi connectivity index (χ0v) is 12.9. The highest BCUT2D eigenvalue weighted by Gasteiger charge is 2.45. The monoisotopic (exact) mass is 307 g/mol. The standard InChI is InChI=1S/C15H21N3O2S/c16-11-15(3-1-4-15)14(20)18-7-5-17(6-8-18)13(19)12-2-9-21-10-12/h2,9-10H,1,3-8,11,16H2. The van der Waals surface area contributed by atoms with Crippen molar-refractivity contribution in [3.05, 3.63) is 22.4 Å². The molecule has 3 rings (SSSR count). The molecule has 1 saturated carbocycles. The van der Waals surface area contributed by atoms with E-state index in [2.05, 4.69) is 0 Å². The molecule has 1 saturated heterocycles. The summed E-state index contributed by atoms with van der Waals surface area (Å²) in [6, 6.07) is 1.85. The van der Waals surface area contributed by atoms with Crippen LogP contribution < -0.4 is 5.73 Å². The molecule has 5 nitrogen and oxygen atoms in total. The molecule has 6 heteroatoms. The first-order valence-corrected chi connectivity index (χ1v) is 8.41. The third-order valence-corrected chi connectivity index (χ3v) is 5.46. The Hall–Kier alpha value is -1.40. The molecule has 1 aromatic rings. The van der Waals surface area contributed by atoms with E-state index in [0.717, 1.165) is 24.8 Å². The Morgan fingerprint density at radius 3 is 2.33 bits per heavy atom. The summed E-state index contributed by atoms with van der Waals surface area (Å²) in [4.78, 5) is 28.6. The first-order valence-electron chi connectivity index (χ1n) is 7.47. The first kappa shape index (κ1) is 14.5. The van der Waals surface area contributed by atoms with Crippen molar-refractivity contribution in [2.45, 2.75) is 19.3 Å². The number of carbonyl (C=O) groups is 2. The quantitative estimate of drug-likeness (QED) is 0.911. The van der Waals surface area contributed by atoms with Gasteiger partial charge in [0.15, 0.2) is 0 Å². The van der Waals surface area contributed by atoms with Gasteiger partial charge in [-0.1, -0.05) is 6.42 Å². The fourth-order valence-electron chi connectivity index (χ4n) is 3.13. The minimum atomic E-state index is -0.306. The lowest BCUT2D eigenvalue weighted by Crippen LogP contribution is -2.57. The Morgan fingerprint density at radius 2 is 1.86 bits per heavy atom. The lowest BCUT2D eigenvalue weighted by Gasteiger charge is -2.45. The van der Waals surface area contributed by atoms with Crippen LogP contribution in [0.5, 0.6) is 0 Å². The summed E-state index contributed by atoms with van der Waals surface area (Å²) >= 11 is 1.53. The van der Waals surface area contributed by atoms with Gasteiger partial charge in [-0.15, -0.1) is 0 Å². The van der Waals surface area contributed by atoms with Gasteiger partial charge in [0.05, 0.1) is 11.0 Å². The Kier molecular flexibility index (Phi) is 3.99. The molecule has 0 atom stereocenters. The van der Waals surface area contributed by atoms with Crippen molar-refractivity contribution < 1.29 is 9.59 Å². The second kappa shape index (κ2) is 5.77. The van der Waals surface area contributed by atoms with Crippen LogP contribution in [0.3, 0.4) is 0 Å². The molecule has 1 aromatic heterocycles. The third kappa shape index (κ3) is 2.58. The Balaban J connectivity index is 1.58. The molecule has 0 spiro atoms. The molecule has 1 aliphatic heterocycles. The summed E-state index contributed by atoms with van der Waals surface area (Å²) in [7, 11) is 0. The zero-order valence-electron chi connectivity index (χ0n) is 12.1. The maximum atomic E-state index is 12.6. The number of carbonyl (C=O) groups excluding carboxylic acids is 2. The van der Waals surface area contributed by atoms with Gasteiger partial charge < -0.3 is 15.5 Å². The largest absolute Gasteiger partial charge is 0.339 e. The molecule has 2 fully saturated rings. The number of hydrogen-bond acceptors (Lipinski definition) is 4. The number of nitrogens with zero attached hydrogens (tertiary/aromatic N) is 2. The van der Waals surface area contributed by atoms with Crippen molar-refractivity contribution in [1.29, 1.82) is 0 Å². The molecule has 114 valence electrons. The number of hydrogen-bond donors (Lipinski definition) is 1. The summed E-state index contributed by atoms with van der Waals surface area (Å²) in [6.45, 7) is 2.91. The number of amides is 2. The Bertz CT molecular complexity index is 512. The summed E-state index contributed by atoms with van der Waals surface area (Å²) in [5.74, 6) is 0.263. The van der Waals surface area contributed by atoms with Crippen molar-refractivity contribution in [3.8, 4) is 0 Å². The molecule has 2 N–H and O–H groups in total. The number of thiophene rings is 1. The van der Waals surface area contributed by atoms with Gasteiger partial charge in [0, 0.05) is 38.1 Å². The van der Waals surface area contributed by atoms with Crippen LogP contribution in [0.4, 0.5) is 0 Å². The van der Waals surface area contributed by atoms with Gasteiger partial charge >= 0.3 is 0 Å². The van der Waals surface area contributed by atoms with Crippen molar-refractivity contribution in [1.82, 2.24) is 9.80 Å². The van der Waals surface area contributed by atoms with E-state index in [1.54, 1.807) is 0 Å². The maximum absolute atomic E-state index is 12.6. The number of nitrogens with two attached hydrogens (primary N) is 1. The highest BCUT2D eigenvalue weighted by Crippen LogP contribution is 2.41. The van der Waals surface area contributed by atoms with Gasteiger partial charge in [-0.3, -0.25) is 9.59 Å². The second-order valence-corrected chi connectivity index (χ2v) is 6.71. The van der Waals surface area contributed by atoms with Gasteiger partial charge in [-0.2, -0.15) is 11.3 Å². The zero-order chi connectivity index (χ0) is 14.9. The molecule has 0 unspecified atom stereocenters. The SMILES string of the molecule is NCC1(C(=O)N2CCN(C(=O)c3ccsc3)CC2)CCC1. The molecule has 0 radical (unpaired) electrons. The van der Waals surface area contributed by atoms with Crippen LogP contribution in [0, 0.1) is 5.41 Å². The minimum absolute atomic E-state index is 0.0699. The lowest BCUT2D eigenvalue weighted by atomic mass is 9.67. The Morgan fingerprint density at radius 1 is 1.19 bits per heavy atom. The van der Waals surface area contributed by atoms with Crippen LogP contribution in [0.25, 0.3) is 0 Å². The molecule has 21 heavy (non-hydrogen) atoms. The van der Waals surface area contributed by atoms with E-state index in [4.69, 9.17) is 5.73 Å². The van der Waals surface area contributed by atoms with Crippen LogP contribution in [0.2, 0.25) is 0 Å². The minimum Gasteiger partial charge on any atom is -0.339 e. The first-order chi connectivity index (χ1) is 10.2. The topological polar surface area (TPSA) is 66.6 Å². The van der Waals surface area contributed by atoms with Gasteiger partial charge in [0.25, 0.3) is 5.91 Å². The second-order valence-electron chi connectivity index (χ2n) is 5.93. The fraction of sp³-hybridized carbons (Fsp3) is 0.600. The molecule has 1 aliphatic carbocycles. The van der Waals surface area contributed by atoms with E-state index in [1.807, 2.05) is 26.6 Å². The maximum Gasteiger partial charge on any atom is 0.254 e. The van der Waals surface area contributed by atoms with Crippen LogP contribution in [0.1, 0.15) is 29.6 Å². The highest BCUT2D eigenvalue weighted by molar-refractivity contribution is 7.08. The molecule has 2 amide bonds. The molecular weight excluding hydrogens is 286 g/mol. The average molecular weight is 307 g/mol. The molecule has 2 aliphatic rings. The Labute approximate surface area is 128 Å². The molecule has 2 heterocycles. The van der Waals surface area contributed by atoms with Gasteiger partial charge in [0.1, 0.15) is 0 Å². The molecular formula is C15H21N3O2S. The van der Waals surface area contributed by atoms with E-state index in [9.17, 15) is 9.59 Å². The third-order valence-electron chi connectivity index (χ3n) is 4.78. The van der Waals surface area contributed by atoms with Crippen LogP contribution in [0.15, 0.2) is 16.8 Å². The molecule has 0 bridgehead atoms. The van der Waals surface area contributed by atoms with Crippen molar-refractivity contribution >= 4 is 23.2 Å². The molecule has 0 aromatic carbocycles. The summed E-state index contributed by atoms with van der Waals surface area (Å²) in [6.07, 6.45) is 2.92. The lowest BCUT2D eigenvalue weighted by molar-refractivity contribution is -0.148. The fourth-order valence-corrected chi connectivity index (χ4v) is 3.76.